The van der Waals surface area contributed by atoms with Crippen molar-refractivity contribution in [2.45, 2.75) is 18.9 Å². The molecule has 0 radical (unpaired) electrons. The van der Waals surface area contributed by atoms with E-state index in [0.29, 0.717) is 0 Å². The molecule has 1 aromatic heterocycles. The van der Waals surface area contributed by atoms with E-state index in [9.17, 15) is 19.2 Å². The van der Waals surface area contributed by atoms with Gasteiger partial charge in [-0.05, 0) is 6.42 Å². The lowest BCUT2D eigenvalue weighted by atomic mass is 10.0. The van der Waals surface area contributed by atoms with Gasteiger partial charge in [0.1, 0.15) is 11.7 Å². The Balaban J connectivity index is 1.93. The third-order valence-electron chi connectivity index (χ3n) is 3.02. The van der Waals surface area contributed by atoms with Crippen LogP contribution in [0.2, 0.25) is 0 Å². The second kappa shape index (κ2) is 3.49. The minimum absolute atomic E-state index is 0.0182. The highest BCUT2D eigenvalue weighted by molar-refractivity contribution is 6.21. The topological polar surface area (TPSA) is 112 Å². The van der Waals surface area contributed by atoms with E-state index in [-0.39, 0.29) is 24.2 Å². The van der Waals surface area contributed by atoms with Gasteiger partial charge in [0, 0.05) is 6.42 Å². The molecule has 3 heterocycles. The molecule has 2 aliphatic rings. The maximum atomic E-state index is 12.0. The molecule has 2 aliphatic heterocycles. The van der Waals surface area contributed by atoms with E-state index in [1.807, 2.05) is 0 Å². The molecule has 3 rings (SSSR count). The molecule has 1 unspecified atom stereocenters. The molecule has 4 amide bonds. The first-order valence-corrected chi connectivity index (χ1v) is 5.34. The molecule has 0 aliphatic carbocycles. The zero-order valence-corrected chi connectivity index (χ0v) is 9.10. The van der Waals surface area contributed by atoms with Crippen LogP contribution in [0, 0.1) is 0 Å². The summed E-state index contributed by atoms with van der Waals surface area (Å²) in [5.41, 5.74) is 0.106. The lowest BCUT2D eigenvalue weighted by Gasteiger charge is -2.27. The van der Waals surface area contributed by atoms with Crippen LogP contribution < -0.4 is 5.32 Å². The number of imidazole rings is 1. The van der Waals surface area contributed by atoms with Gasteiger partial charge in [0.15, 0.2) is 5.69 Å². The Morgan fingerprint density at radius 1 is 1.22 bits per heavy atom. The first kappa shape index (κ1) is 10.6. The lowest BCUT2D eigenvalue weighted by molar-refractivity contribution is -0.136. The number of H-pyrrole nitrogens is 1. The molecule has 92 valence electrons. The molecule has 2 N–H and O–H groups in total. The van der Waals surface area contributed by atoms with Crippen molar-refractivity contribution in [3.8, 4) is 0 Å². The van der Waals surface area contributed by atoms with Gasteiger partial charge < -0.3 is 4.98 Å². The maximum absolute atomic E-state index is 12.0. The monoisotopic (exact) mass is 248 g/mol. The van der Waals surface area contributed by atoms with Crippen LogP contribution in [0.5, 0.6) is 0 Å². The fourth-order valence-corrected chi connectivity index (χ4v) is 2.16. The predicted molar refractivity (Wildman–Crippen MR) is 55.3 cm³/mol. The van der Waals surface area contributed by atoms with E-state index in [2.05, 4.69) is 15.3 Å². The maximum Gasteiger partial charge on any atom is 0.282 e. The van der Waals surface area contributed by atoms with Crippen LogP contribution in [0.25, 0.3) is 0 Å². The number of fused-ring (bicyclic) bond motifs is 1. The summed E-state index contributed by atoms with van der Waals surface area (Å²) in [4.78, 5) is 53.8. The first-order valence-electron chi connectivity index (χ1n) is 5.34. The van der Waals surface area contributed by atoms with Crippen molar-refractivity contribution in [2.75, 3.05) is 0 Å². The highest BCUT2D eigenvalue weighted by atomic mass is 16.2. The fraction of sp³-hybridized carbons (Fsp3) is 0.300. The van der Waals surface area contributed by atoms with Gasteiger partial charge in [-0.2, -0.15) is 0 Å². The Bertz CT molecular complexity index is 560. The number of hydrogen-bond donors (Lipinski definition) is 2. The molecule has 0 spiro atoms. The van der Waals surface area contributed by atoms with E-state index >= 15 is 0 Å². The van der Waals surface area contributed by atoms with Gasteiger partial charge in [-0.1, -0.05) is 0 Å². The summed E-state index contributed by atoms with van der Waals surface area (Å²) in [7, 11) is 0. The van der Waals surface area contributed by atoms with Crippen molar-refractivity contribution < 1.29 is 19.2 Å². The fourth-order valence-electron chi connectivity index (χ4n) is 2.16. The van der Waals surface area contributed by atoms with Crippen LogP contribution in [0.15, 0.2) is 6.33 Å². The van der Waals surface area contributed by atoms with Crippen molar-refractivity contribution in [2.24, 2.45) is 0 Å². The zero-order valence-electron chi connectivity index (χ0n) is 9.10. The standard InChI is InChI=1S/C10H8N4O4/c15-5-2-1-4(8(16)13-5)14-9(17)6-7(10(14)18)12-3-11-6/h3-4H,1-2H2,(H,11,12)(H,13,15,16). The lowest BCUT2D eigenvalue weighted by Crippen LogP contribution is -2.54. The number of carbonyl (C=O) groups is 4. The smallest absolute Gasteiger partial charge is 0.282 e. The second-order valence-corrected chi connectivity index (χ2v) is 4.07. The zero-order chi connectivity index (χ0) is 12.9. The Morgan fingerprint density at radius 3 is 2.67 bits per heavy atom. The molecular formula is C10H8N4O4. The minimum Gasteiger partial charge on any atom is -0.340 e. The van der Waals surface area contributed by atoms with Crippen molar-refractivity contribution in [1.29, 1.82) is 0 Å². The van der Waals surface area contributed by atoms with Gasteiger partial charge in [-0.15, -0.1) is 0 Å². The van der Waals surface area contributed by atoms with E-state index in [4.69, 9.17) is 0 Å². The molecule has 8 heteroatoms. The highest BCUT2D eigenvalue weighted by Crippen LogP contribution is 2.24. The van der Waals surface area contributed by atoms with Crippen molar-refractivity contribution in [3.63, 3.8) is 0 Å². The summed E-state index contributed by atoms with van der Waals surface area (Å²) in [6, 6.07) is -0.940. The van der Waals surface area contributed by atoms with Gasteiger partial charge in [0.2, 0.25) is 11.8 Å². The molecule has 1 aromatic rings. The van der Waals surface area contributed by atoms with E-state index in [1.165, 1.54) is 6.33 Å². The number of piperidine rings is 1. The first-order chi connectivity index (χ1) is 8.59. The van der Waals surface area contributed by atoms with Crippen LogP contribution in [0.1, 0.15) is 33.8 Å². The van der Waals surface area contributed by atoms with Crippen LogP contribution in [-0.2, 0) is 9.59 Å². The molecule has 1 atom stereocenters. The molecule has 0 bridgehead atoms. The number of amides is 4. The Hall–Kier alpha value is -2.51. The van der Waals surface area contributed by atoms with Gasteiger partial charge in [-0.25, -0.2) is 4.98 Å². The Kier molecular flexibility index (Phi) is 2.06. The summed E-state index contributed by atoms with van der Waals surface area (Å²) >= 11 is 0. The quantitative estimate of drug-likeness (QED) is 0.607. The number of carbonyl (C=O) groups excluding carboxylic acids is 4. The van der Waals surface area contributed by atoms with Crippen molar-refractivity contribution in [1.82, 2.24) is 20.2 Å². The number of imide groups is 2. The summed E-state index contributed by atoms with van der Waals surface area (Å²) in [6.45, 7) is 0. The average molecular weight is 248 g/mol. The Labute approximate surface area is 100 Å². The Morgan fingerprint density at radius 2 is 2.00 bits per heavy atom. The summed E-state index contributed by atoms with van der Waals surface area (Å²) in [5.74, 6) is -2.21. The molecule has 0 saturated carbocycles. The van der Waals surface area contributed by atoms with Crippen LogP contribution >= 0.6 is 0 Å². The number of aromatic amines is 1. The van der Waals surface area contributed by atoms with E-state index in [1.54, 1.807) is 0 Å². The molecule has 18 heavy (non-hydrogen) atoms. The SMILES string of the molecule is O=C1CCC(N2C(=O)c3nc[nH]c3C2=O)C(=O)N1. The van der Waals surface area contributed by atoms with E-state index in [0.717, 1.165) is 4.90 Å². The summed E-state index contributed by atoms with van der Waals surface area (Å²) in [6.07, 6.45) is 1.50. The summed E-state index contributed by atoms with van der Waals surface area (Å²) in [5, 5.41) is 2.11. The predicted octanol–water partition coefficient (Wildman–Crippen LogP) is -1.19. The molecule has 8 nitrogen and oxygen atoms in total. The minimum atomic E-state index is -0.940. The second-order valence-electron chi connectivity index (χ2n) is 4.07. The van der Waals surface area contributed by atoms with Gasteiger partial charge in [0.25, 0.3) is 11.8 Å². The highest BCUT2D eigenvalue weighted by Gasteiger charge is 2.46. The van der Waals surface area contributed by atoms with Crippen LogP contribution in [0.4, 0.5) is 0 Å². The van der Waals surface area contributed by atoms with E-state index < -0.39 is 29.7 Å². The number of aromatic nitrogens is 2. The normalized spacial score (nSPS) is 23.3. The number of hydrogen-bond acceptors (Lipinski definition) is 5. The summed E-state index contributed by atoms with van der Waals surface area (Å²) < 4.78 is 0. The van der Waals surface area contributed by atoms with Crippen molar-refractivity contribution in [3.05, 3.63) is 17.7 Å². The number of nitrogens with one attached hydrogen (secondary N) is 2. The molecule has 1 fully saturated rings. The largest absolute Gasteiger partial charge is 0.340 e. The average Bonchev–Trinajstić information content (AvgIpc) is 2.87. The number of rotatable bonds is 1. The molecule has 0 aromatic carbocycles. The van der Waals surface area contributed by atoms with Crippen LogP contribution in [0.3, 0.4) is 0 Å². The third kappa shape index (κ3) is 1.28. The van der Waals surface area contributed by atoms with Gasteiger partial charge >= 0.3 is 0 Å². The number of nitrogens with zero attached hydrogens (tertiary/aromatic N) is 2. The third-order valence-corrected chi connectivity index (χ3v) is 3.02. The molecule has 1 saturated heterocycles. The van der Waals surface area contributed by atoms with Gasteiger partial charge in [-0.3, -0.25) is 29.4 Å². The van der Waals surface area contributed by atoms with Crippen LogP contribution in [-0.4, -0.2) is 44.5 Å². The van der Waals surface area contributed by atoms with Crippen molar-refractivity contribution >= 4 is 23.6 Å². The van der Waals surface area contributed by atoms with Gasteiger partial charge in [0.05, 0.1) is 6.33 Å². The molecular weight excluding hydrogens is 240 g/mol.